The van der Waals surface area contributed by atoms with Crippen LogP contribution in [0.5, 0.6) is 5.75 Å². The van der Waals surface area contributed by atoms with Crippen molar-refractivity contribution in [1.29, 1.82) is 0 Å². The molecule has 2 N–H and O–H groups in total. The minimum Gasteiger partial charge on any atom is -0.488 e. The molecule has 2 rings (SSSR count). The molecule has 1 atom stereocenters. The highest BCUT2D eigenvalue weighted by atomic mass is 35.5. The fraction of sp³-hybridized carbons (Fsp3) is 0.200. The van der Waals surface area contributed by atoms with Crippen LogP contribution in [0.1, 0.15) is 24.1 Å². The van der Waals surface area contributed by atoms with Crippen molar-refractivity contribution in [2.75, 3.05) is 0 Å². The topological polar surface area (TPSA) is 35.2 Å². The lowest BCUT2D eigenvalue weighted by atomic mass is 10.1. The lowest BCUT2D eigenvalue weighted by Crippen LogP contribution is -2.09. The first-order chi connectivity index (χ1) is 9.49. The van der Waals surface area contributed by atoms with E-state index in [2.05, 4.69) is 0 Å². The van der Waals surface area contributed by atoms with E-state index < -0.39 is 0 Å². The van der Waals surface area contributed by atoms with Crippen molar-refractivity contribution in [3.05, 3.63) is 63.4 Å². The van der Waals surface area contributed by atoms with Gasteiger partial charge in [-0.2, -0.15) is 0 Å². The second kappa shape index (κ2) is 6.44. The lowest BCUT2D eigenvalue weighted by Gasteiger charge is -2.15. The zero-order chi connectivity index (χ0) is 14.7. The van der Waals surface area contributed by atoms with Gasteiger partial charge in [-0.15, -0.1) is 0 Å². The molecule has 0 aromatic heterocycles. The van der Waals surface area contributed by atoms with Crippen molar-refractivity contribution < 1.29 is 9.13 Å². The standard InChI is InChI=1S/C15H14Cl2FNO/c1-9(19)11-7-10(18)5-6-15(11)20-8-12-13(16)3-2-4-14(12)17/h2-7,9H,8,19H2,1H3/t9-/m0/s1. The molecule has 0 unspecified atom stereocenters. The van der Waals surface area contributed by atoms with Gasteiger partial charge in [0.2, 0.25) is 0 Å². The van der Waals surface area contributed by atoms with Crippen LogP contribution >= 0.6 is 23.2 Å². The molecule has 0 bridgehead atoms. The van der Waals surface area contributed by atoms with Crippen LogP contribution in [0.25, 0.3) is 0 Å². The maximum absolute atomic E-state index is 13.2. The molecule has 0 saturated heterocycles. The summed E-state index contributed by atoms with van der Waals surface area (Å²) in [6.45, 7) is 1.97. The van der Waals surface area contributed by atoms with E-state index >= 15 is 0 Å². The van der Waals surface area contributed by atoms with E-state index in [4.69, 9.17) is 33.7 Å². The monoisotopic (exact) mass is 313 g/mol. The number of hydrogen-bond donors (Lipinski definition) is 1. The van der Waals surface area contributed by atoms with E-state index in [0.29, 0.717) is 26.9 Å². The van der Waals surface area contributed by atoms with Crippen LogP contribution in [-0.4, -0.2) is 0 Å². The quantitative estimate of drug-likeness (QED) is 0.885. The van der Waals surface area contributed by atoms with Gasteiger partial charge < -0.3 is 10.5 Å². The summed E-state index contributed by atoms with van der Waals surface area (Å²) in [7, 11) is 0. The highest BCUT2D eigenvalue weighted by molar-refractivity contribution is 6.35. The average molecular weight is 314 g/mol. The van der Waals surface area contributed by atoms with Gasteiger partial charge in [0.05, 0.1) is 0 Å². The third-order valence-electron chi connectivity index (χ3n) is 2.90. The first-order valence-electron chi connectivity index (χ1n) is 6.09. The molecule has 0 saturated carbocycles. The Balaban J connectivity index is 2.23. The maximum Gasteiger partial charge on any atom is 0.124 e. The first-order valence-corrected chi connectivity index (χ1v) is 6.85. The van der Waals surface area contributed by atoms with Gasteiger partial charge in [-0.25, -0.2) is 4.39 Å². The Morgan fingerprint density at radius 2 is 1.85 bits per heavy atom. The van der Waals surface area contributed by atoms with Crippen LogP contribution in [0, 0.1) is 5.82 Å². The highest BCUT2D eigenvalue weighted by Gasteiger charge is 2.12. The minimum atomic E-state index is -0.347. The van der Waals surface area contributed by atoms with Gasteiger partial charge in [-0.05, 0) is 37.3 Å². The van der Waals surface area contributed by atoms with Gasteiger partial charge in [-0.1, -0.05) is 29.3 Å². The SMILES string of the molecule is C[C@H](N)c1cc(F)ccc1OCc1c(Cl)cccc1Cl. The Morgan fingerprint density at radius 3 is 2.45 bits per heavy atom. The van der Waals surface area contributed by atoms with Crippen LogP contribution in [0.2, 0.25) is 10.0 Å². The van der Waals surface area contributed by atoms with Gasteiger partial charge in [0.1, 0.15) is 18.2 Å². The van der Waals surface area contributed by atoms with E-state index in [1.165, 1.54) is 12.1 Å². The Kier molecular flexibility index (Phi) is 4.86. The molecular weight excluding hydrogens is 300 g/mol. The van der Waals surface area contributed by atoms with Crippen molar-refractivity contribution in [1.82, 2.24) is 0 Å². The molecule has 2 aromatic carbocycles. The molecule has 5 heteroatoms. The zero-order valence-electron chi connectivity index (χ0n) is 10.9. The minimum absolute atomic E-state index is 0.198. The predicted octanol–water partition coefficient (Wildman–Crippen LogP) is 4.73. The maximum atomic E-state index is 13.2. The van der Waals surface area contributed by atoms with E-state index in [-0.39, 0.29) is 18.5 Å². The van der Waals surface area contributed by atoms with E-state index in [0.717, 1.165) is 0 Å². The Morgan fingerprint density at radius 1 is 1.20 bits per heavy atom. The Hall–Kier alpha value is -1.29. The summed E-state index contributed by atoms with van der Waals surface area (Å²) in [6, 6.07) is 9.16. The number of halogens is 3. The van der Waals surface area contributed by atoms with Gasteiger partial charge in [-0.3, -0.25) is 0 Å². The number of rotatable bonds is 4. The van der Waals surface area contributed by atoms with Gasteiger partial charge >= 0.3 is 0 Å². The van der Waals surface area contributed by atoms with Crippen molar-refractivity contribution >= 4 is 23.2 Å². The summed E-state index contributed by atoms with van der Waals surface area (Å²) >= 11 is 12.1. The number of nitrogens with two attached hydrogens (primary N) is 1. The van der Waals surface area contributed by atoms with E-state index in [1.807, 2.05) is 0 Å². The highest BCUT2D eigenvalue weighted by Crippen LogP contribution is 2.29. The fourth-order valence-corrected chi connectivity index (χ4v) is 2.33. The van der Waals surface area contributed by atoms with Gasteiger partial charge in [0.25, 0.3) is 0 Å². The average Bonchev–Trinajstić information content (AvgIpc) is 2.39. The molecule has 106 valence electrons. The van der Waals surface area contributed by atoms with Crippen molar-refractivity contribution in [2.24, 2.45) is 5.73 Å². The predicted molar refractivity (Wildman–Crippen MR) is 79.8 cm³/mol. The van der Waals surface area contributed by atoms with Crippen LogP contribution in [0.4, 0.5) is 4.39 Å². The van der Waals surface area contributed by atoms with Crippen LogP contribution in [0.15, 0.2) is 36.4 Å². The second-order valence-electron chi connectivity index (χ2n) is 4.46. The molecule has 0 spiro atoms. The molecule has 0 amide bonds. The summed E-state index contributed by atoms with van der Waals surface area (Å²) in [5.41, 5.74) is 7.11. The number of ether oxygens (including phenoxy) is 1. The summed E-state index contributed by atoms with van der Waals surface area (Å²) < 4.78 is 18.9. The van der Waals surface area contributed by atoms with Crippen LogP contribution < -0.4 is 10.5 Å². The number of benzene rings is 2. The molecule has 0 aliphatic heterocycles. The number of hydrogen-bond acceptors (Lipinski definition) is 2. The summed E-state index contributed by atoms with van der Waals surface area (Å²) in [5, 5.41) is 1.06. The van der Waals surface area contributed by atoms with Crippen molar-refractivity contribution in [3.63, 3.8) is 0 Å². The molecule has 2 nitrogen and oxygen atoms in total. The molecule has 0 radical (unpaired) electrons. The van der Waals surface area contributed by atoms with Crippen LogP contribution in [-0.2, 0) is 6.61 Å². The molecular formula is C15H14Cl2FNO. The molecule has 0 fully saturated rings. The third-order valence-corrected chi connectivity index (χ3v) is 3.60. The van der Waals surface area contributed by atoms with Crippen molar-refractivity contribution in [2.45, 2.75) is 19.6 Å². The lowest BCUT2D eigenvalue weighted by molar-refractivity contribution is 0.301. The molecule has 0 heterocycles. The summed E-state index contributed by atoms with van der Waals surface area (Å²) in [5.74, 6) is 0.179. The third kappa shape index (κ3) is 3.42. The second-order valence-corrected chi connectivity index (χ2v) is 5.27. The van der Waals surface area contributed by atoms with Crippen LogP contribution in [0.3, 0.4) is 0 Å². The van der Waals surface area contributed by atoms with E-state index in [9.17, 15) is 4.39 Å². The normalized spacial score (nSPS) is 12.2. The van der Waals surface area contributed by atoms with E-state index in [1.54, 1.807) is 31.2 Å². The Bertz CT molecular complexity index is 597. The molecule has 20 heavy (non-hydrogen) atoms. The molecule has 0 aliphatic carbocycles. The zero-order valence-corrected chi connectivity index (χ0v) is 12.4. The molecule has 0 aliphatic rings. The largest absolute Gasteiger partial charge is 0.488 e. The summed E-state index contributed by atoms with van der Waals surface area (Å²) in [6.07, 6.45) is 0. The van der Waals surface area contributed by atoms with Crippen molar-refractivity contribution in [3.8, 4) is 5.75 Å². The Labute approximate surface area is 127 Å². The first kappa shape index (κ1) is 15.1. The fourth-order valence-electron chi connectivity index (χ4n) is 1.83. The van der Waals surface area contributed by atoms with Gasteiger partial charge in [0.15, 0.2) is 0 Å². The summed E-state index contributed by atoms with van der Waals surface area (Å²) in [4.78, 5) is 0. The smallest absolute Gasteiger partial charge is 0.124 e. The molecule has 2 aromatic rings. The van der Waals surface area contributed by atoms with Gasteiger partial charge in [0, 0.05) is 27.2 Å².